The zero-order valence-corrected chi connectivity index (χ0v) is 10.6. The van der Waals surface area contributed by atoms with Crippen molar-refractivity contribution in [2.24, 2.45) is 17.3 Å². The molecule has 0 aliphatic carbocycles. The summed E-state index contributed by atoms with van der Waals surface area (Å²) in [6, 6.07) is 8.29. The van der Waals surface area contributed by atoms with Crippen LogP contribution in [0.5, 0.6) is 0 Å². The Balaban J connectivity index is 2.58. The first-order valence-corrected chi connectivity index (χ1v) is 6.15. The van der Waals surface area contributed by atoms with Gasteiger partial charge in [0.25, 0.3) is 0 Å². The molecular weight excluding hydrogens is 218 g/mol. The lowest BCUT2D eigenvalue weighted by Gasteiger charge is -1.93. The zero-order chi connectivity index (χ0) is 11.5. The number of aromatic nitrogens is 1. The number of fused-ring (bicyclic) bond motifs is 1. The van der Waals surface area contributed by atoms with Crippen LogP contribution in [0.25, 0.3) is 10.2 Å². The Bertz CT molecular complexity index is 590. The number of nitrogens with zero attached hydrogens (tertiary/aromatic N) is 3. The summed E-state index contributed by atoms with van der Waals surface area (Å²) in [5.74, 6) is 0. The molecule has 0 radical (unpaired) electrons. The van der Waals surface area contributed by atoms with Gasteiger partial charge in [0.2, 0.25) is 4.80 Å². The normalized spacial score (nSPS) is 13.7. The first kappa shape index (κ1) is 11.1. The number of hydrogen-bond acceptors (Lipinski definition) is 3. The maximum absolute atomic E-state index is 4.28. The fraction of sp³-hybridized carbons (Fsp3) is 0.333. The lowest BCUT2D eigenvalue weighted by atomic mass is 10.3. The molecule has 0 spiro atoms. The molecule has 0 atom stereocenters. The van der Waals surface area contributed by atoms with Crippen molar-refractivity contribution < 1.29 is 0 Å². The highest BCUT2D eigenvalue weighted by atomic mass is 32.1. The molecule has 1 aromatic carbocycles. The van der Waals surface area contributed by atoms with E-state index in [1.54, 1.807) is 11.3 Å². The molecule has 1 aromatic heterocycles. The Kier molecular flexibility index (Phi) is 3.19. The second kappa shape index (κ2) is 4.61. The van der Waals surface area contributed by atoms with E-state index in [1.807, 2.05) is 26.1 Å². The van der Waals surface area contributed by atoms with E-state index in [0.29, 0.717) is 0 Å². The van der Waals surface area contributed by atoms with Gasteiger partial charge in [-0.3, -0.25) is 0 Å². The van der Waals surface area contributed by atoms with Gasteiger partial charge in [-0.25, -0.2) is 0 Å². The van der Waals surface area contributed by atoms with Crippen LogP contribution >= 0.6 is 11.3 Å². The number of hydrogen-bond donors (Lipinski definition) is 0. The molecule has 16 heavy (non-hydrogen) atoms. The number of benzene rings is 1. The first-order chi connectivity index (χ1) is 7.72. The standard InChI is InChI=1S/C12H15N3S/c1-4-9(2)13-14-12-15(3)10-7-5-6-8-11(10)16-12/h5-8H,4H2,1-3H3. The van der Waals surface area contributed by atoms with Crippen LogP contribution in [-0.2, 0) is 7.05 Å². The maximum atomic E-state index is 4.28. The van der Waals surface area contributed by atoms with Crippen molar-refractivity contribution in [1.82, 2.24) is 4.57 Å². The summed E-state index contributed by atoms with van der Waals surface area (Å²) in [5.41, 5.74) is 2.26. The molecule has 0 saturated carbocycles. The van der Waals surface area contributed by atoms with Crippen molar-refractivity contribution in [2.45, 2.75) is 20.3 Å². The minimum Gasteiger partial charge on any atom is -0.318 e. The largest absolute Gasteiger partial charge is 0.318 e. The third-order valence-corrected chi connectivity index (χ3v) is 3.64. The summed E-state index contributed by atoms with van der Waals surface area (Å²) in [5, 5.41) is 8.48. The number of thiazole rings is 1. The summed E-state index contributed by atoms with van der Waals surface area (Å²) in [4.78, 5) is 0.939. The molecule has 0 N–H and O–H groups in total. The highest BCUT2D eigenvalue weighted by Crippen LogP contribution is 2.14. The van der Waals surface area contributed by atoms with Crippen molar-refractivity contribution in [3.05, 3.63) is 29.1 Å². The van der Waals surface area contributed by atoms with Gasteiger partial charge < -0.3 is 4.57 Å². The predicted molar refractivity (Wildman–Crippen MR) is 69.8 cm³/mol. The third kappa shape index (κ3) is 2.07. The van der Waals surface area contributed by atoms with Crippen LogP contribution in [0.15, 0.2) is 34.5 Å². The molecule has 2 rings (SSSR count). The zero-order valence-electron chi connectivity index (χ0n) is 9.77. The van der Waals surface area contributed by atoms with E-state index in [1.165, 1.54) is 10.2 Å². The molecule has 0 fully saturated rings. The van der Waals surface area contributed by atoms with Crippen LogP contribution in [-0.4, -0.2) is 10.3 Å². The molecule has 0 saturated heterocycles. The van der Waals surface area contributed by atoms with E-state index in [2.05, 4.69) is 33.8 Å². The predicted octanol–water partition coefficient (Wildman–Crippen LogP) is 2.93. The van der Waals surface area contributed by atoms with Crippen LogP contribution in [0, 0.1) is 0 Å². The van der Waals surface area contributed by atoms with Gasteiger partial charge in [-0.15, -0.1) is 5.10 Å². The van der Waals surface area contributed by atoms with Gasteiger partial charge in [0, 0.05) is 12.8 Å². The number of para-hydroxylation sites is 1. The fourth-order valence-electron chi connectivity index (χ4n) is 1.38. The van der Waals surface area contributed by atoms with Gasteiger partial charge >= 0.3 is 0 Å². The van der Waals surface area contributed by atoms with Gasteiger partial charge in [-0.2, -0.15) is 5.10 Å². The summed E-state index contributed by atoms with van der Waals surface area (Å²) >= 11 is 1.67. The molecular formula is C12H15N3S. The quantitative estimate of drug-likeness (QED) is 0.564. The van der Waals surface area contributed by atoms with Crippen LogP contribution in [0.3, 0.4) is 0 Å². The second-order valence-corrected chi connectivity index (χ2v) is 4.71. The van der Waals surface area contributed by atoms with E-state index in [9.17, 15) is 0 Å². The fourth-order valence-corrected chi connectivity index (χ4v) is 2.35. The Morgan fingerprint density at radius 2 is 2.12 bits per heavy atom. The SMILES string of the molecule is CCC(C)=NN=c1sc2ccccc2n1C. The summed E-state index contributed by atoms with van der Waals surface area (Å²) in [6.45, 7) is 4.08. The first-order valence-electron chi connectivity index (χ1n) is 5.34. The monoisotopic (exact) mass is 233 g/mol. The van der Waals surface area contributed by atoms with Crippen molar-refractivity contribution >= 4 is 27.3 Å². The highest BCUT2D eigenvalue weighted by molar-refractivity contribution is 7.16. The van der Waals surface area contributed by atoms with Crippen LogP contribution in [0.4, 0.5) is 0 Å². The topological polar surface area (TPSA) is 29.6 Å². The maximum Gasteiger partial charge on any atom is 0.211 e. The molecule has 84 valence electrons. The molecule has 1 heterocycles. The molecule has 0 aliphatic heterocycles. The van der Waals surface area contributed by atoms with Crippen molar-refractivity contribution in [3.63, 3.8) is 0 Å². The molecule has 0 amide bonds. The van der Waals surface area contributed by atoms with Crippen LogP contribution < -0.4 is 4.80 Å². The molecule has 2 aromatic rings. The van der Waals surface area contributed by atoms with Gasteiger partial charge in [-0.1, -0.05) is 30.4 Å². The van der Waals surface area contributed by atoms with Crippen molar-refractivity contribution in [3.8, 4) is 0 Å². The van der Waals surface area contributed by atoms with Gasteiger partial charge in [0.15, 0.2) is 0 Å². The van der Waals surface area contributed by atoms with E-state index in [4.69, 9.17) is 0 Å². The molecule has 0 unspecified atom stereocenters. The third-order valence-electron chi connectivity index (χ3n) is 2.53. The van der Waals surface area contributed by atoms with E-state index >= 15 is 0 Å². The van der Waals surface area contributed by atoms with Gasteiger partial charge in [0.05, 0.1) is 10.2 Å². The summed E-state index contributed by atoms with van der Waals surface area (Å²) in [6.07, 6.45) is 0.943. The molecule has 0 bridgehead atoms. The summed E-state index contributed by atoms with van der Waals surface area (Å²) in [7, 11) is 2.02. The van der Waals surface area contributed by atoms with E-state index in [0.717, 1.165) is 16.9 Å². The Morgan fingerprint density at radius 3 is 2.81 bits per heavy atom. The average Bonchev–Trinajstić information content (AvgIpc) is 2.64. The van der Waals surface area contributed by atoms with E-state index in [-0.39, 0.29) is 0 Å². The van der Waals surface area contributed by atoms with Gasteiger partial charge in [-0.05, 0) is 25.5 Å². The Labute approximate surface area is 98.8 Å². The Hall–Kier alpha value is -1.42. The molecule has 4 heteroatoms. The lowest BCUT2D eigenvalue weighted by molar-refractivity contribution is 0.886. The van der Waals surface area contributed by atoms with Gasteiger partial charge in [0.1, 0.15) is 0 Å². The minimum absolute atomic E-state index is 0.939. The van der Waals surface area contributed by atoms with E-state index < -0.39 is 0 Å². The second-order valence-electron chi connectivity index (χ2n) is 3.70. The van der Waals surface area contributed by atoms with Crippen LogP contribution in [0.1, 0.15) is 20.3 Å². The summed E-state index contributed by atoms with van der Waals surface area (Å²) < 4.78 is 3.32. The number of aryl methyl sites for hydroxylation is 1. The van der Waals surface area contributed by atoms with Crippen LogP contribution in [0.2, 0.25) is 0 Å². The number of rotatable bonds is 2. The average molecular weight is 233 g/mol. The highest BCUT2D eigenvalue weighted by Gasteiger charge is 2.00. The Morgan fingerprint density at radius 1 is 1.38 bits per heavy atom. The van der Waals surface area contributed by atoms with Crippen molar-refractivity contribution in [1.29, 1.82) is 0 Å². The van der Waals surface area contributed by atoms with Crippen molar-refractivity contribution in [2.75, 3.05) is 0 Å². The lowest BCUT2D eigenvalue weighted by Crippen LogP contribution is -2.09. The minimum atomic E-state index is 0.939. The smallest absolute Gasteiger partial charge is 0.211 e. The molecule has 3 nitrogen and oxygen atoms in total. The molecule has 0 aliphatic rings.